The predicted molar refractivity (Wildman–Crippen MR) is 124 cm³/mol. The first-order valence-corrected chi connectivity index (χ1v) is 11.7. The number of ether oxygens (including phenoxy) is 2. The van der Waals surface area contributed by atoms with Gasteiger partial charge in [-0.05, 0) is 49.1 Å². The van der Waals surface area contributed by atoms with E-state index in [2.05, 4.69) is 17.1 Å². The summed E-state index contributed by atoms with van der Waals surface area (Å²) in [5, 5.41) is 17.9. The number of aromatic hydroxyl groups is 1. The summed E-state index contributed by atoms with van der Waals surface area (Å²) >= 11 is 0. The second-order valence-corrected chi connectivity index (χ2v) is 8.64. The first kappa shape index (κ1) is 21.5. The zero-order chi connectivity index (χ0) is 22.8. The molecule has 0 radical (unpaired) electrons. The average molecular weight is 448 g/mol. The predicted octanol–water partition coefficient (Wildman–Crippen LogP) is 4.69. The van der Waals surface area contributed by atoms with Crippen LogP contribution in [0.1, 0.15) is 60.3 Å². The molecule has 0 saturated carbocycles. The Hall–Kier alpha value is -3.32. The molecular weight excluding hydrogens is 418 g/mol. The molecule has 172 valence electrons. The van der Waals surface area contributed by atoms with Gasteiger partial charge in [0.1, 0.15) is 22.9 Å². The smallest absolute Gasteiger partial charge is 0.273 e. The van der Waals surface area contributed by atoms with Gasteiger partial charge in [0.2, 0.25) is 0 Å². The van der Waals surface area contributed by atoms with Gasteiger partial charge in [-0.2, -0.15) is 5.10 Å². The van der Waals surface area contributed by atoms with Crippen LogP contribution in [0.25, 0.3) is 11.3 Å². The third kappa shape index (κ3) is 4.09. The number of phenolic OH excluding ortho intramolecular Hbond substituents is 1. The van der Waals surface area contributed by atoms with Crippen molar-refractivity contribution < 1.29 is 19.4 Å². The van der Waals surface area contributed by atoms with E-state index >= 15 is 0 Å². The number of carbonyl (C=O) groups is 1. The fourth-order valence-corrected chi connectivity index (χ4v) is 4.70. The van der Waals surface area contributed by atoms with Gasteiger partial charge in [0.15, 0.2) is 0 Å². The minimum Gasteiger partial charge on any atom is -0.507 e. The molecule has 2 aliphatic rings. The van der Waals surface area contributed by atoms with Crippen LogP contribution in [0.3, 0.4) is 0 Å². The lowest BCUT2D eigenvalue weighted by Gasteiger charge is -2.28. The average Bonchev–Trinajstić information content (AvgIpc) is 3.55. The molecule has 1 fully saturated rings. The number of rotatable bonds is 8. The number of hydrogen-bond acceptors (Lipinski definition) is 5. The van der Waals surface area contributed by atoms with Crippen molar-refractivity contribution in [3.05, 3.63) is 65.4 Å². The Morgan fingerprint density at radius 1 is 1.21 bits per heavy atom. The Morgan fingerprint density at radius 2 is 2.03 bits per heavy atom. The van der Waals surface area contributed by atoms with Gasteiger partial charge < -0.3 is 19.5 Å². The number of H-pyrrole nitrogens is 1. The van der Waals surface area contributed by atoms with E-state index in [1.54, 1.807) is 12.1 Å². The number of nitrogens with zero attached hydrogens (tertiary/aromatic N) is 2. The van der Waals surface area contributed by atoms with Crippen molar-refractivity contribution in [1.29, 1.82) is 0 Å². The number of hydrogen-bond donors (Lipinski definition) is 2. The molecule has 0 unspecified atom stereocenters. The molecule has 7 heteroatoms. The summed E-state index contributed by atoms with van der Waals surface area (Å²) in [5.74, 6) is 0.855. The van der Waals surface area contributed by atoms with Crippen molar-refractivity contribution in [1.82, 2.24) is 15.1 Å². The number of para-hydroxylation sites is 1. The van der Waals surface area contributed by atoms with Crippen molar-refractivity contribution in [3.63, 3.8) is 0 Å². The van der Waals surface area contributed by atoms with Gasteiger partial charge in [-0.3, -0.25) is 9.89 Å². The standard InChI is InChI=1S/C26H29N3O4/c1-2-3-14-32-18-12-10-17(11-13-18)25-22-23(20-8-4-5-9-21(20)30)27-28-24(22)26(31)29(25)16-19-7-6-15-33-19/h4-5,8-13,19,25,30H,2-3,6-7,14-16H2,1H3,(H,27,28)/t19-,25-/m1/s1. The van der Waals surface area contributed by atoms with Crippen LogP contribution in [0.4, 0.5) is 0 Å². The molecule has 33 heavy (non-hydrogen) atoms. The minimum atomic E-state index is -0.324. The number of aromatic amines is 1. The first-order chi connectivity index (χ1) is 16.2. The summed E-state index contributed by atoms with van der Waals surface area (Å²) < 4.78 is 11.7. The van der Waals surface area contributed by atoms with E-state index in [0.29, 0.717) is 30.1 Å². The molecule has 2 atom stereocenters. The zero-order valence-corrected chi connectivity index (χ0v) is 18.8. The summed E-state index contributed by atoms with van der Waals surface area (Å²) in [6.45, 7) is 4.07. The highest BCUT2D eigenvalue weighted by Gasteiger charge is 2.43. The quantitative estimate of drug-likeness (QED) is 0.490. The Bertz CT molecular complexity index is 1120. The molecule has 1 amide bonds. The molecule has 1 aromatic heterocycles. The van der Waals surface area contributed by atoms with Crippen LogP contribution < -0.4 is 4.74 Å². The van der Waals surface area contributed by atoms with Crippen LogP contribution in [-0.4, -0.2) is 52.0 Å². The summed E-state index contributed by atoms with van der Waals surface area (Å²) in [5.41, 5.74) is 3.44. The third-order valence-corrected chi connectivity index (χ3v) is 6.41. The highest BCUT2D eigenvalue weighted by atomic mass is 16.5. The lowest BCUT2D eigenvalue weighted by Crippen LogP contribution is -2.36. The van der Waals surface area contributed by atoms with Crippen LogP contribution in [0.5, 0.6) is 11.5 Å². The normalized spacial score (nSPS) is 19.8. The molecule has 2 aliphatic heterocycles. The van der Waals surface area contributed by atoms with E-state index in [1.807, 2.05) is 41.3 Å². The van der Waals surface area contributed by atoms with E-state index in [0.717, 1.165) is 49.2 Å². The highest BCUT2D eigenvalue weighted by Crippen LogP contribution is 2.45. The van der Waals surface area contributed by atoms with E-state index in [-0.39, 0.29) is 23.8 Å². The monoisotopic (exact) mass is 447 g/mol. The molecule has 0 bridgehead atoms. The van der Waals surface area contributed by atoms with E-state index in [4.69, 9.17) is 9.47 Å². The lowest BCUT2D eigenvalue weighted by atomic mass is 9.95. The lowest BCUT2D eigenvalue weighted by molar-refractivity contribution is 0.0495. The number of phenols is 1. The van der Waals surface area contributed by atoms with Crippen molar-refractivity contribution in [2.75, 3.05) is 19.8 Å². The number of amides is 1. The molecular formula is C26H29N3O4. The maximum absolute atomic E-state index is 13.5. The summed E-state index contributed by atoms with van der Waals surface area (Å²) in [4.78, 5) is 15.3. The van der Waals surface area contributed by atoms with E-state index < -0.39 is 0 Å². The van der Waals surface area contributed by atoms with Crippen molar-refractivity contribution >= 4 is 5.91 Å². The number of aromatic nitrogens is 2. The van der Waals surface area contributed by atoms with Crippen LogP contribution in [0.2, 0.25) is 0 Å². The number of fused-ring (bicyclic) bond motifs is 1. The molecule has 0 spiro atoms. The van der Waals surface area contributed by atoms with Gasteiger partial charge in [0, 0.05) is 24.3 Å². The minimum absolute atomic E-state index is 0.0265. The summed E-state index contributed by atoms with van der Waals surface area (Å²) in [6, 6.07) is 14.7. The molecule has 3 aromatic rings. The first-order valence-electron chi connectivity index (χ1n) is 11.7. The summed E-state index contributed by atoms with van der Waals surface area (Å²) in [6.07, 6.45) is 4.07. The van der Waals surface area contributed by atoms with E-state index in [9.17, 15) is 9.90 Å². The number of unbranched alkanes of at least 4 members (excludes halogenated alkanes) is 1. The Kier molecular flexibility index (Phi) is 6.05. The zero-order valence-electron chi connectivity index (χ0n) is 18.8. The topological polar surface area (TPSA) is 87.7 Å². The van der Waals surface area contributed by atoms with Gasteiger partial charge in [-0.15, -0.1) is 0 Å². The molecule has 7 nitrogen and oxygen atoms in total. The Labute approximate surface area is 193 Å². The van der Waals surface area contributed by atoms with Crippen LogP contribution in [0, 0.1) is 0 Å². The van der Waals surface area contributed by atoms with Crippen molar-refractivity contribution in [2.45, 2.75) is 44.8 Å². The van der Waals surface area contributed by atoms with Crippen LogP contribution in [-0.2, 0) is 4.74 Å². The van der Waals surface area contributed by atoms with E-state index in [1.165, 1.54) is 0 Å². The van der Waals surface area contributed by atoms with Gasteiger partial charge in [0.25, 0.3) is 5.91 Å². The van der Waals surface area contributed by atoms with Crippen LogP contribution >= 0.6 is 0 Å². The Balaban J connectivity index is 1.53. The Morgan fingerprint density at radius 3 is 2.76 bits per heavy atom. The second kappa shape index (κ2) is 9.27. The molecule has 0 aliphatic carbocycles. The molecule has 2 N–H and O–H groups in total. The molecule has 5 rings (SSSR count). The third-order valence-electron chi connectivity index (χ3n) is 6.41. The van der Waals surface area contributed by atoms with Gasteiger partial charge in [-0.1, -0.05) is 37.6 Å². The highest BCUT2D eigenvalue weighted by molar-refractivity contribution is 6.00. The number of carbonyl (C=O) groups excluding carboxylic acids is 1. The SMILES string of the molecule is CCCCOc1ccc([C@@H]2c3c(-c4ccccc4O)n[nH]c3C(=O)N2C[C@H]2CCCO2)cc1. The van der Waals surface area contributed by atoms with Crippen LogP contribution in [0.15, 0.2) is 48.5 Å². The fraction of sp³-hybridized carbons (Fsp3) is 0.385. The maximum Gasteiger partial charge on any atom is 0.273 e. The van der Waals surface area contributed by atoms with Gasteiger partial charge >= 0.3 is 0 Å². The van der Waals surface area contributed by atoms with Gasteiger partial charge in [-0.25, -0.2) is 0 Å². The largest absolute Gasteiger partial charge is 0.507 e. The summed E-state index contributed by atoms with van der Waals surface area (Å²) in [7, 11) is 0. The molecule has 1 saturated heterocycles. The second-order valence-electron chi connectivity index (χ2n) is 8.64. The fourth-order valence-electron chi connectivity index (χ4n) is 4.70. The molecule has 2 aromatic carbocycles. The number of nitrogens with one attached hydrogen (secondary N) is 1. The number of benzene rings is 2. The van der Waals surface area contributed by atoms with Crippen molar-refractivity contribution in [3.8, 4) is 22.8 Å². The van der Waals surface area contributed by atoms with Crippen molar-refractivity contribution in [2.24, 2.45) is 0 Å². The molecule has 3 heterocycles. The maximum atomic E-state index is 13.5. The van der Waals surface area contributed by atoms with Gasteiger partial charge in [0.05, 0.1) is 18.8 Å².